The highest BCUT2D eigenvalue weighted by atomic mass is 35.5. The van der Waals surface area contributed by atoms with Gasteiger partial charge in [-0.1, -0.05) is 55.6 Å². The molecule has 34 heavy (non-hydrogen) atoms. The van der Waals surface area contributed by atoms with Crippen LogP contribution in [0.25, 0.3) is 0 Å². The van der Waals surface area contributed by atoms with Gasteiger partial charge >= 0.3 is 0 Å². The third-order valence-electron chi connectivity index (χ3n) is 7.22. The van der Waals surface area contributed by atoms with E-state index in [1.165, 1.54) is 4.88 Å². The average molecular weight is 513 g/mol. The number of anilines is 1. The van der Waals surface area contributed by atoms with E-state index in [4.69, 9.17) is 23.2 Å². The molecule has 2 heterocycles. The van der Waals surface area contributed by atoms with E-state index in [0.717, 1.165) is 43.4 Å². The standard InChI is InChI=1S/C27H26Cl2N2O2S/c1-27(2)12-20-24(21(32)13-27)17(16-8-6-9-19(28)25(16)29)11-23(33)31(20)26-18(14-30)15-7-4-3-5-10-22(15)34-26/h6,8-9,17H,3-5,7,10-13H2,1-2H3/t17-/m0/s1. The monoisotopic (exact) mass is 512 g/mol. The molecule has 1 aromatic heterocycles. The Hall–Kier alpha value is -2.13. The van der Waals surface area contributed by atoms with Crippen molar-refractivity contribution in [2.75, 3.05) is 4.90 Å². The zero-order valence-corrected chi connectivity index (χ0v) is 21.7. The molecule has 0 bridgehead atoms. The van der Waals surface area contributed by atoms with Crippen molar-refractivity contribution < 1.29 is 9.59 Å². The van der Waals surface area contributed by atoms with Crippen molar-refractivity contribution in [3.8, 4) is 6.07 Å². The van der Waals surface area contributed by atoms with Crippen molar-refractivity contribution in [2.24, 2.45) is 5.41 Å². The lowest BCUT2D eigenvalue weighted by Crippen LogP contribution is -2.43. The third-order valence-corrected chi connectivity index (χ3v) is 9.33. The van der Waals surface area contributed by atoms with Gasteiger partial charge < -0.3 is 0 Å². The van der Waals surface area contributed by atoms with E-state index in [1.54, 1.807) is 22.3 Å². The Morgan fingerprint density at radius 3 is 2.65 bits per heavy atom. The molecular weight excluding hydrogens is 487 g/mol. The van der Waals surface area contributed by atoms with Gasteiger partial charge in [0, 0.05) is 34.9 Å². The van der Waals surface area contributed by atoms with Gasteiger partial charge in [0.25, 0.3) is 0 Å². The summed E-state index contributed by atoms with van der Waals surface area (Å²) in [7, 11) is 0. The Morgan fingerprint density at radius 2 is 1.88 bits per heavy atom. The minimum atomic E-state index is -0.433. The van der Waals surface area contributed by atoms with E-state index in [9.17, 15) is 14.9 Å². The highest BCUT2D eigenvalue weighted by Crippen LogP contribution is 2.52. The molecule has 0 N–H and O–H groups in total. The predicted molar refractivity (Wildman–Crippen MR) is 137 cm³/mol. The zero-order valence-electron chi connectivity index (χ0n) is 19.3. The third kappa shape index (κ3) is 3.90. The molecule has 0 fully saturated rings. The molecule has 3 aliphatic rings. The lowest BCUT2D eigenvalue weighted by molar-refractivity contribution is -0.120. The molecule has 1 amide bonds. The second kappa shape index (κ2) is 8.82. The number of carbonyl (C=O) groups excluding carboxylic acids is 2. The Labute approximate surface area is 214 Å². The van der Waals surface area contributed by atoms with E-state index >= 15 is 0 Å². The van der Waals surface area contributed by atoms with Crippen LogP contribution in [0.3, 0.4) is 0 Å². The van der Waals surface area contributed by atoms with E-state index in [1.807, 2.05) is 12.1 Å². The fourth-order valence-electron chi connectivity index (χ4n) is 5.71. The van der Waals surface area contributed by atoms with Crippen molar-refractivity contribution in [1.82, 2.24) is 0 Å². The van der Waals surface area contributed by atoms with Crippen LogP contribution >= 0.6 is 34.5 Å². The number of aryl methyl sites for hydroxylation is 1. The highest BCUT2D eigenvalue weighted by molar-refractivity contribution is 7.16. The summed E-state index contributed by atoms with van der Waals surface area (Å²) in [6.07, 6.45) is 6.24. The topological polar surface area (TPSA) is 61.2 Å². The summed E-state index contributed by atoms with van der Waals surface area (Å²) in [6, 6.07) is 7.78. The first-order chi connectivity index (χ1) is 16.2. The summed E-state index contributed by atoms with van der Waals surface area (Å²) in [6.45, 7) is 4.12. The molecule has 2 aromatic rings. The van der Waals surface area contributed by atoms with Gasteiger partial charge in [0.15, 0.2) is 5.78 Å². The number of carbonyl (C=O) groups is 2. The van der Waals surface area contributed by atoms with Crippen molar-refractivity contribution >= 4 is 51.2 Å². The molecule has 0 saturated heterocycles. The largest absolute Gasteiger partial charge is 0.294 e. The fraction of sp³-hybridized carbons (Fsp3) is 0.444. The van der Waals surface area contributed by atoms with Crippen molar-refractivity contribution in [1.29, 1.82) is 5.26 Å². The molecule has 1 aromatic carbocycles. The summed E-state index contributed by atoms with van der Waals surface area (Å²) in [4.78, 5) is 30.3. The molecule has 1 atom stereocenters. The van der Waals surface area contributed by atoms with Crippen LogP contribution in [0.15, 0.2) is 29.5 Å². The number of allylic oxidation sites excluding steroid dienone is 2. The molecule has 4 nitrogen and oxygen atoms in total. The summed E-state index contributed by atoms with van der Waals surface area (Å²) in [5.41, 5.74) is 3.51. The minimum Gasteiger partial charge on any atom is -0.294 e. The van der Waals surface area contributed by atoms with E-state index in [0.29, 0.717) is 44.6 Å². The van der Waals surface area contributed by atoms with E-state index in [2.05, 4.69) is 19.9 Å². The van der Waals surface area contributed by atoms with Crippen LogP contribution in [0.2, 0.25) is 10.0 Å². The van der Waals surface area contributed by atoms with E-state index < -0.39 is 5.92 Å². The lowest BCUT2D eigenvalue weighted by atomic mass is 9.69. The van der Waals surface area contributed by atoms with Crippen molar-refractivity contribution in [2.45, 2.75) is 71.1 Å². The number of benzene rings is 1. The molecule has 0 unspecified atom stereocenters. The Kier molecular flexibility index (Phi) is 6.13. The number of nitrogens with zero attached hydrogens (tertiary/aromatic N) is 2. The second-order valence-corrected chi connectivity index (χ2v) is 12.2. The number of halogens is 2. The SMILES string of the molecule is CC1(C)CC(=O)C2=C(C1)N(c1sc3c(c1C#N)CCCCC3)C(=O)C[C@H]2c1cccc(Cl)c1Cl. The number of hydrogen-bond acceptors (Lipinski definition) is 4. The van der Waals surface area contributed by atoms with Crippen LogP contribution in [0.5, 0.6) is 0 Å². The molecule has 7 heteroatoms. The molecule has 176 valence electrons. The summed E-state index contributed by atoms with van der Waals surface area (Å²) in [5.74, 6) is -0.489. The Morgan fingerprint density at radius 1 is 1.12 bits per heavy atom. The number of thiophene rings is 1. The van der Waals surface area contributed by atoms with Crippen LogP contribution in [0.1, 0.15) is 79.9 Å². The Bertz CT molecular complexity index is 1280. The van der Waals surface area contributed by atoms with Crippen molar-refractivity contribution in [3.05, 3.63) is 61.1 Å². The maximum atomic E-state index is 13.8. The average Bonchev–Trinajstić information content (AvgIpc) is 2.94. The van der Waals surface area contributed by atoms with Gasteiger partial charge in [0.2, 0.25) is 5.91 Å². The maximum absolute atomic E-state index is 13.8. The van der Waals surface area contributed by atoms with E-state index in [-0.39, 0.29) is 23.5 Å². The maximum Gasteiger partial charge on any atom is 0.232 e. The molecule has 5 rings (SSSR count). The quantitative estimate of drug-likeness (QED) is 0.394. The van der Waals surface area contributed by atoms with Gasteiger partial charge in [-0.2, -0.15) is 5.26 Å². The number of nitriles is 1. The first-order valence-corrected chi connectivity index (χ1v) is 13.4. The Balaban J connectivity index is 1.72. The van der Waals surface area contributed by atoms with Gasteiger partial charge in [0.05, 0.1) is 15.6 Å². The van der Waals surface area contributed by atoms with Crippen molar-refractivity contribution in [3.63, 3.8) is 0 Å². The number of fused-ring (bicyclic) bond motifs is 1. The van der Waals surface area contributed by atoms with Crippen LogP contribution in [0.4, 0.5) is 5.00 Å². The molecule has 0 radical (unpaired) electrons. The molecule has 0 spiro atoms. The van der Waals surface area contributed by atoms with Crippen LogP contribution in [-0.2, 0) is 22.4 Å². The smallest absolute Gasteiger partial charge is 0.232 e. The minimum absolute atomic E-state index is 0.0430. The van der Waals surface area contributed by atoms with Crippen LogP contribution in [0, 0.1) is 16.7 Å². The van der Waals surface area contributed by atoms with Gasteiger partial charge in [-0.15, -0.1) is 11.3 Å². The molecule has 2 aliphatic carbocycles. The number of rotatable bonds is 2. The number of Topliss-reactive ketones (excluding diaryl/α,β-unsaturated/α-hetero) is 1. The lowest BCUT2D eigenvalue weighted by Gasteiger charge is -2.42. The number of amides is 1. The van der Waals surface area contributed by atoms with Gasteiger partial charge in [-0.25, -0.2) is 0 Å². The highest BCUT2D eigenvalue weighted by Gasteiger charge is 2.46. The summed E-state index contributed by atoms with van der Waals surface area (Å²) in [5, 5.41) is 11.6. The molecular formula is C27H26Cl2N2O2S. The summed E-state index contributed by atoms with van der Waals surface area (Å²) < 4.78 is 0. The molecule has 1 aliphatic heterocycles. The zero-order chi connectivity index (χ0) is 24.2. The number of ketones is 1. The van der Waals surface area contributed by atoms with Gasteiger partial charge in [-0.3, -0.25) is 14.5 Å². The fourth-order valence-corrected chi connectivity index (χ4v) is 7.53. The summed E-state index contributed by atoms with van der Waals surface area (Å²) >= 11 is 14.4. The van der Waals surface area contributed by atoms with Gasteiger partial charge in [-0.05, 0) is 54.7 Å². The first-order valence-electron chi connectivity index (χ1n) is 11.8. The van der Waals surface area contributed by atoms with Gasteiger partial charge in [0.1, 0.15) is 11.1 Å². The first kappa shape index (κ1) is 23.6. The predicted octanol–water partition coefficient (Wildman–Crippen LogP) is 7.36. The number of hydrogen-bond donors (Lipinski definition) is 0. The van der Waals surface area contributed by atoms with Crippen LogP contribution in [-0.4, -0.2) is 11.7 Å². The second-order valence-electron chi connectivity index (χ2n) is 10.3. The molecule has 0 saturated carbocycles. The normalized spacial score (nSPS) is 22.2. The van der Waals surface area contributed by atoms with Crippen LogP contribution < -0.4 is 4.90 Å².